The molecule has 0 amide bonds. The minimum atomic E-state index is -0.540. The number of carbonyl (C=O) groups excluding carboxylic acids is 2. The van der Waals surface area contributed by atoms with Crippen LogP contribution in [0.3, 0.4) is 0 Å². The number of nitrogens with zero attached hydrogens (tertiary/aromatic N) is 3. The number of hydrogen-bond donors (Lipinski definition) is 1. The summed E-state index contributed by atoms with van der Waals surface area (Å²) in [6.07, 6.45) is 2.85. The normalized spacial score (nSPS) is 10.1. The molecule has 0 bridgehead atoms. The molecule has 0 aliphatic carbocycles. The molecular weight excluding hydrogens is 312 g/mol. The van der Waals surface area contributed by atoms with Gasteiger partial charge >= 0.3 is 11.9 Å². The highest BCUT2D eigenvalue weighted by molar-refractivity contribution is 5.95. The Bertz CT molecular complexity index is 749. The highest BCUT2D eigenvalue weighted by Gasteiger charge is 2.16. The Morgan fingerprint density at radius 3 is 2.54 bits per heavy atom. The summed E-state index contributed by atoms with van der Waals surface area (Å²) in [4.78, 5) is 36.1. The van der Waals surface area contributed by atoms with Crippen molar-refractivity contribution in [2.75, 3.05) is 18.5 Å². The molecule has 0 saturated heterocycles. The molecule has 2 heterocycles. The van der Waals surface area contributed by atoms with E-state index in [4.69, 9.17) is 9.47 Å². The van der Waals surface area contributed by atoms with Gasteiger partial charge in [-0.15, -0.1) is 0 Å². The summed E-state index contributed by atoms with van der Waals surface area (Å²) in [7, 11) is 0. The van der Waals surface area contributed by atoms with Crippen molar-refractivity contribution in [3.8, 4) is 0 Å². The second-order valence-electron chi connectivity index (χ2n) is 4.68. The highest BCUT2D eigenvalue weighted by Crippen LogP contribution is 2.19. The average Bonchev–Trinajstić information content (AvgIpc) is 2.55. The van der Waals surface area contributed by atoms with E-state index in [9.17, 15) is 9.59 Å². The predicted octanol–water partition coefficient (Wildman–Crippen LogP) is 2.28. The minimum Gasteiger partial charge on any atom is -0.462 e. The van der Waals surface area contributed by atoms with Crippen molar-refractivity contribution in [1.82, 2.24) is 15.0 Å². The Morgan fingerprint density at radius 1 is 1.12 bits per heavy atom. The molecule has 0 aliphatic heterocycles. The van der Waals surface area contributed by atoms with E-state index in [2.05, 4.69) is 20.3 Å². The van der Waals surface area contributed by atoms with Crippen LogP contribution < -0.4 is 5.32 Å². The van der Waals surface area contributed by atoms with Crippen LogP contribution in [-0.2, 0) is 9.47 Å². The quantitative estimate of drug-likeness (QED) is 0.805. The molecular formula is C16H18N4O4. The van der Waals surface area contributed by atoms with Crippen molar-refractivity contribution < 1.29 is 19.1 Å². The zero-order chi connectivity index (χ0) is 17.5. The van der Waals surface area contributed by atoms with Gasteiger partial charge < -0.3 is 14.8 Å². The number of pyridine rings is 1. The minimum absolute atomic E-state index is 0.186. The molecule has 1 N–H and O–H groups in total. The summed E-state index contributed by atoms with van der Waals surface area (Å²) < 4.78 is 9.94. The standard InChI is InChI=1S/C16H18N4O4/c1-4-23-15(21)11-6-7-17-13(8-11)20-14-12(16(22)24-5-2)9-18-10(3)19-14/h6-9H,4-5H2,1-3H3,(H,17,18,19,20). The van der Waals surface area contributed by atoms with Crippen LogP contribution >= 0.6 is 0 Å². The van der Waals surface area contributed by atoms with E-state index in [0.29, 0.717) is 17.2 Å². The summed E-state index contributed by atoms with van der Waals surface area (Å²) >= 11 is 0. The van der Waals surface area contributed by atoms with Crippen molar-refractivity contribution in [1.29, 1.82) is 0 Å². The smallest absolute Gasteiger partial charge is 0.343 e. The highest BCUT2D eigenvalue weighted by atomic mass is 16.5. The zero-order valence-corrected chi connectivity index (χ0v) is 13.7. The van der Waals surface area contributed by atoms with Crippen molar-refractivity contribution in [3.05, 3.63) is 41.5 Å². The second-order valence-corrected chi connectivity index (χ2v) is 4.68. The largest absolute Gasteiger partial charge is 0.462 e. The van der Waals surface area contributed by atoms with Crippen molar-refractivity contribution in [2.45, 2.75) is 20.8 Å². The van der Waals surface area contributed by atoms with Crippen LogP contribution in [0.15, 0.2) is 24.5 Å². The van der Waals surface area contributed by atoms with Crippen molar-refractivity contribution in [3.63, 3.8) is 0 Å². The summed E-state index contributed by atoms with van der Waals surface area (Å²) in [6, 6.07) is 3.06. The van der Waals surface area contributed by atoms with Gasteiger partial charge in [-0.2, -0.15) is 0 Å². The fourth-order valence-electron chi connectivity index (χ4n) is 1.89. The number of anilines is 2. The lowest BCUT2D eigenvalue weighted by molar-refractivity contribution is 0.0516. The molecule has 0 radical (unpaired) electrons. The van der Waals surface area contributed by atoms with Gasteiger partial charge in [0.2, 0.25) is 0 Å². The van der Waals surface area contributed by atoms with E-state index in [-0.39, 0.29) is 24.6 Å². The third-order valence-electron chi connectivity index (χ3n) is 2.92. The maximum Gasteiger partial charge on any atom is 0.343 e. The number of nitrogens with one attached hydrogen (secondary N) is 1. The Labute approximate surface area is 139 Å². The van der Waals surface area contributed by atoms with Gasteiger partial charge in [-0.25, -0.2) is 24.5 Å². The van der Waals surface area contributed by atoms with Gasteiger partial charge in [0.15, 0.2) is 0 Å². The molecule has 0 atom stereocenters. The summed E-state index contributed by atoms with van der Waals surface area (Å²) in [5, 5.41) is 2.92. The lowest BCUT2D eigenvalue weighted by Gasteiger charge is -2.11. The number of aryl methyl sites for hydroxylation is 1. The molecule has 8 nitrogen and oxygen atoms in total. The van der Waals surface area contributed by atoms with Crippen LogP contribution in [0.4, 0.5) is 11.6 Å². The maximum atomic E-state index is 12.0. The molecule has 24 heavy (non-hydrogen) atoms. The predicted molar refractivity (Wildman–Crippen MR) is 86.2 cm³/mol. The molecule has 8 heteroatoms. The summed E-state index contributed by atoms with van der Waals surface area (Å²) in [5.41, 5.74) is 0.531. The number of hydrogen-bond acceptors (Lipinski definition) is 8. The first-order chi connectivity index (χ1) is 11.5. The summed E-state index contributed by atoms with van der Waals surface area (Å²) in [5.74, 6) is 0.0970. The summed E-state index contributed by atoms with van der Waals surface area (Å²) in [6.45, 7) is 5.66. The number of esters is 2. The molecule has 2 aromatic rings. The molecule has 0 fully saturated rings. The van der Waals surface area contributed by atoms with Gasteiger partial charge in [0, 0.05) is 12.4 Å². The molecule has 0 aromatic carbocycles. The fourth-order valence-corrected chi connectivity index (χ4v) is 1.89. The first kappa shape index (κ1) is 17.3. The van der Waals surface area contributed by atoms with Crippen molar-refractivity contribution in [2.24, 2.45) is 0 Å². The molecule has 0 saturated carbocycles. The lowest BCUT2D eigenvalue weighted by atomic mass is 10.2. The zero-order valence-electron chi connectivity index (χ0n) is 13.7. The first-order valence-corrected chi connectivity index (χ1v) is 7.46. The van der Waals surface area contributed by atoms with Crippen LogP contribution in [0.1, 0.15) is 40.4 Å². The van der Waals surface area contributed by atoms with Crippen molar-refractivity contribution >= 4 is 23.6 Å². The van der Waals surface area contributed by atoms with E-state index in [0.717, 1.165) is 0 Å². The van der Waals surface area contributed by atoms with Crippen LogP contribution in [0.5, 0.6) is 0 Å². The van der Waals surface area contributed by atoms with E-state index in [1.807, 2.05) is 0 Å². The molecule has 0 unspecified atom stereocenters. The Kier molecular flexibility index (Phi) is 5.78. The van der Waals surface area contributed by atoms with Gasteiger partial charge in [0.1, 0.15) is 23.0 Å². The molecule has 2 aromatic heterocycles. The van der Waals surface area contributed by atoms with Gasteiger partial charge in [-0.3, -0.25) is 0 Å². The topological polar surface area (TPSA) is 103 Å². The lowest BCUT2D eigenvalue weighted by Crippen LogP contribution is -2.12. The van der Waals surface area contributed by atoms with E-state index >= 15 is 0 Å². The fraction of sp³-hybridized carbons (Fsp3) is 0.312. The maximum absolute atomic E-state index is 12.0. The molecule has 0 aliphatic rings. The number of rotatable bonds is 6. The molecule has 126 valence electrons. The number of carbonyl (C=O) groups is 2. The second kappa shape index (κ2) is 8.00. The van der Waals surface area contributed by atoms with Gasteiger partial charge in [-0.05, 0) is 32.9 Å². The van der Waals surface area contributed by atoms with Crippen LogP contribution in [0.2, 0.25) is 0 Å². The number of ether oxygens (including phenoxy) is 2. The molecule has 0 spiro atoms. The Morgan fingerprint density at radius 2 is 1.83 bits per heavy atom. The third-order valence-corrected chi connectivity index (χ3v) is 2.92. The van der Waals surface area contributed by atoms with Gasteiger partial charge in [-0.1, -0.05) is 0 Å². The van der Waals surface area contributed by atoms with Crippen LogP contribution in [-0.4, -0.2) is 40.1 Å². The molecule has 2 rings (SSSR count). The monoisotopic (exact) mass is 330 g/mol. The Hall–Kier alpha value is -3.03. The van der Waals surface area contributed by atoms with Crippen LogP contribution in [0.25, 0.3) is 0 Å². The van der Waals surface area contributed by atoms with Gasteiger partial charge in [0.05, 0.1) is 18.8 Å². The first-order valence-electron chi connectivity index (χ1n) is 7.46. The number of aromatic nitrogens is 3. The average molecular weight is 330 g/mol. The van der Waals surface area contributed by atoms with E-state index in [1.165, 1.54) is 18.5 Å². The SMILES string of the molecule is CCOC(=O)c1ccnc(Nc2nc(C)ncc2C(=O)OCC)c1. The van der Waals surface area contributed by atoms with E-state index in [1.54, 1.807) is 26.8 Å². The Balaban J connectivity index is 2.30. The van der Waals surface area contributed by atoms with Crippen LogP contribution in [0, 0.1) is 6.92 Å². The third kappa shape index (κ3) is 4.25. The van der Waals surface area contributed by atoms with Gasteiger partial charge in [0.25, 0.3) is 0 Å². The van der Waals surface area contributed by atoms with E-state index < -0.39 is 11.9 Å².